The summed E-state index contributed by atoms with van der Waals surface area (Å²) in [4.78, 5) is 16.4. The zero-order valence-corrected chi connectivity index (χ0v) is 10.3. The first kappa shape index (κ1) is 11.4. The Balaban J connectivity index is 1.97. The number of para-hydroxylation sites is 1. The van der Waals surface area contributed by atoms with Crippen molar-refractivity contribution in [1.82, 2.24) is 10.1 Å². The van der Waals surface area contributed by atoms with Gasteiger partial charge in [-0.2, -0.15) is 0 Å². The first-order chi connectivity index (χ1) is 9.24. The summed E-state index contributed by atoms with van der Waals surface area (Å²) in [5, 5.41) is 7.25. The smallest absolute Gasteiger partial charge is 0.257 e. The summed E-state index contributed by atoms with van der Waals surface area (Å²) in [5.74, 6) is 0.824. The van der Waals surface area contributed by atoms with Gasteiger partial charge in [-0.1, -0.05) is 23.4 Å². The molecule has 5 nitrogen and oxygen atoms in total. The molecule has 19 heavy (non-hydrogen) atoms. The van der Waals surface area contributed by atoms with Gasteiger partial charge in [-0.3, -0.25) is 9.78 Å². The third-order valence-electron chi connectivity index (χ3n) is 2.76. The van der Waals surface area contributed by atoms with E-state index >= 15 is 0 Å². The summed E-state index contributed by atoms with van der Waals surface area (Å²) in [6.07, 6.45) is 1.62. The van der Waals surface area contributed by atoms with Gasteiger partial charge in [0, 0.05) is 17.6 Å². The molecule has 1 N–H and O–H groups in total. The number of fused-ring (bicyclic) bond motifs is 1. The number of pyridine rings is 1. The van der Waals surface area contributed by atoms with Crippen LogP contribution in [0.1, 0.15) is 16.1 Å². The number of hydrogen-bond acceptors (Lipinski definition) is 4. The molecule has 2 aromatic heterocycles. The highest BCUT2D eigenvalue weighted by Crippen LogP contribution is 2.17. The topological polar surface area (TPSA) is 68.0 Å². The van der Waals surface area contributed by atoms with E-state index in [2.05, 4.69) is 15.5 Å². The number of anilines is 1. The van der Waals surface area contributed by atoms with E-state index in [0.717, 1.165) is 10.9 Å². The van der Waals surface area contributed by atoms with E-state index in [9.17, 15) is 4.79 Å². The number of aromatic nitrogens is 2. The van der Waals surface area contributed by atoms with Gasteiger partial charge in [-0.25, -0.2) is 0 Å². The highest BCUT2D eigenvalue weighted by atomic mass is 16.5. The predicted octanol–water partition coefficient (Wildman–Crippen LogP) is 2.78. The molecule has 0 spiro atoms. The summed E-state index contributed by atoms with van der Waals surface area (Å²) in [5.41, 5.74) is 1.35. The third-order valence-corrected chi connectivity index (χ3v) is 2.76. The summed E-state index contributed by atoms with van der Waals surface area (Å²) in [6.45, 7) is 1.77. The number of benzene rings is 1. The molecule has 0 fully saturated rings. The Labute approximate surface area is 109 Å². The fourth-order valence-corrected chi connectivity index (χ4v) is 1.90. The fourth-order valence-electron chi connectivity index (χ4n) is 1.90. The predicted molar refractivity (Wildman–Crippen MR) is 70.9 cm³/mol. The Kier molecular flexibility index (Phi) is 2.72. The normalized spacial score (nSPS) is 10.6. The minimum Gasteiger partial charge on any atom is -0.360 e. The molecule has 0 atom stereocenters. The molecule has 0 saturated heterocycles. The van der Waals surface area contributed by atoms with Crippen molar-refractivity contribution >= 4 is 22.6 Å². The van der Waals surface area contributed by atoms with Gasteiger partial charge in [0.15, 0.2) is 5.82 Å². The van der Waals surface area contributed by atoms with Crippen molar-refractivity contribution in [3.63, 3.8) is 0 Å². The second kappa shape index (κ2) is 4.53. The maximum atomic E-state index is 12.2. The molecule has 2 heterocycles. The van der Waals surface area contributed by atoms with Crippen LogP contribution in [0.3, 0.4) is 0 Å². The second-order valence-electron chi connectivity index (χ2n) is 4.15. The molecule has 0 bridgehead atoms. The van der Waals surface area contributed by atoms with Crippen molar-refractivity contribution < 1.29 is 9.32 Å². The molecule has 1 aromatic carbocycles. The molecule has 0 aliphatic heterocycles. The van der Waals surface area contributed by atoms with Gasteiger partial charge >= 0.3 is 0 Å². The number of amides is 1. The van der Waals surface area contributed by atoms with E-state index < -0.39 is 0 Å². The van der Waals surface area contributed by atoms with Gasteiger partial charge in [0.25, 0.3) is 5.91 Å². The Morgan fingerprint density at radius 2 is 2.11 bits per heavy atom. The number of nitrogens with one attached hydrogen (secondary N) is 1. The molecule has 0 unspecified atom stereocenters. The fraction of sp³-hybridized carbons (Fsp3) is 0.0714. The van der Waals surface area contributed by atoms with Crippen LogP contribution in [-0.4, -0.2) is 16.0 Å². The van der Waals surface area contributed by atoms with Crippen LogP contribution in [0.2, 0.25) is 0 Å². The molecule has 0 aliphatic rings. The first-order valence-corrected chi connectivity index (χ1v) is 5.82. The number of aryl methyl sites for hydroxylation is 1. The summed E-state index contributed by atoms with van der Waals surface area (Å²) in [7, 11) is 0. The van der Waals surface area contributed by atoms with Gasteiger partial charge in [0.1, 0.15) is 5.76 Å². The highest BCUT2D eigenvalue weighted by molar-refractivity contribution is 6.11. The second-order valence-corrected chi connectivity index (χ2v) is 4.15. The average Bonchev–Trinajstić information content (AvgIpc) is 2.83. The van der Waals surface area contributed by atoms with Crippen LogP contribution in [-0.2, 0) is 0 Å². The summed E-state index contributed by atoms with van der Waals surface area (Å²) >= 11 is 0. The maximum Gasteiger partial charge on any atom is 0.257 e. The van der Waals surface area contributed by atoms with Crippen LogP contribution in [0.25, 0.3) is 10.9 Å². The lowest BCUT2D eigenvalue weighted by molar-refractivity contribution is 0.102. The van der Waals surface area contributed by atoms with E-state index in [1.165, 1.54) is 0 Å². The SMILES string of the molecule is Cc1cc(NC(=O)c2ccnc3ccccc23)no1. The minimum absolute atomic E-state index is 0.230. The lowest BCUT2D eigenvalue weighted by Gasteiger charge is -2.04. The number of hydrogen-bond donors (Lipinski definition) is 1. The molecule has 5 heteroatoms. The van der Waals surface area contributed by atoms with E-state index in [-0.39, 0.29) is 5.91 Å². The van der Waals surface area contributed by atoms with Crippen LogP contribution in [0, 0.1) is 6.92 Å². The number of rotatable bonds is 2. The van der Waals surface area contributed by atoms with Crippen molar-refractivity contribution in [3.05, 3.63) is 53.9 Å². The molecule has 3 aromatic rings. The van der Waals surface area contributed by atoms with Crippen LogP contribution < -0.4 is 5.32 Å². The minimum atomic E-state index is -0.230. The summed E-state index contributed by atoms with van der Waals surface area (Å²) in [6, 6.07) is 10.8. The van der Waals surface area contributed by atoms with Gasteiger partial charge in [-0.05, 0) is 19.1 Å². The Morgan fingerprint density at radius 1 is 1.26 bits per heavy atom. The lowest BCUT2D eigenvalue weighted by atomic mass is 10.1. The lowest BCUT2D eigenvalue weighted by Crippen LogP contribution is -2.12. The van der Waals surface area contributed by atoms with Crippen molar-refractivity contribution in [2.75, 3.05) is 5.32 Å². The molecular weight excluding hydrogens is 242 g/mol. The molecule has 0 saturated carbocycles. The Hall–Kier alpha value is -2.69. The van der Waals surface area contributed by atoms with Gasteiger partial charge in [0.05, 0.1) is 11.1 Å². The molecule has 0 radical (unpaired) electrons. The zero-order valence-electron chi connectivity index (χ0n) is 10.3. The van der Waals surface area contributed by atoms with Crippen LogP contribution in [0.4, 0.5) is 5.82 Å². The molecule has 3 rings (SSSR count). The van der Waals surface area contributed by atoms with Crippen molar-refractivity contribution in [1.29, 1.82) is 0 Å². The Morgan fingerprint density at radius 3 is 2.89 bits per heavy atom. The van der Waals surface area contributed by atoms with E-state index in [1.807, 2.05) is 24.3 Å². The van der Waals surface area contributed by atoms with Crippen molar-refractivity contribution in [2.45, 2.75) is 6.92 Å². The largest absolute Gasteiger partial charge is 0.360 e. The van der Waals surface area contributed by atoms with Gasteiger partial charge in [0.2, 0.25) is 0 Å². The number of carbonyl (C=O) groups is 1. The monoisotopic (exact) mass is 253 g/mol. The average molecular weight is 253 g/mol. The number of carbonyl (C=O) groups excluding carboxylic acids is 1. The summed E-state index contributed by atoms with van der Waals surface area (Å²) < 4.78 is 4.91. The zero-order chi connectivity index (χ0) is 13.2. The number of nitrogens with zero attached hydrogens (tertiary/aromatic N) is 2. The third kappa shape index (κ3) is 2.18. The van der Waals surface area contributed by atoms with E-state index in [4.69, 9.17) is 4.52 Å². The van der Waals surface area contributed by atoms with Crippen LogP contribution in [0.5, 0.6) is 0 Å². The maximum absolute atomic E-state index is 12.2. The molecular formula is C14H11N3O2. The first-order valence-electron chi connectivity index (χ1n) is 5.82. The van der Waals surface area contributed by atoms with E-state index in [1.54, 1.807) is 25.3 Å². The van der Waals surface area contributed by atoms with Crippen molar-refractivity contribution in [2.24, 2.45) is 0 Å². The standard InChI is InChI=1S/C14H11N3O2/c1-9-8-13(17-19-9)16-14(18)11-6-7-15-12-5-3-2-4-10(11)12/h2-8H,1H3,(H,16,17,18). The molecule has 94 valence electrons. The molecule has 0 aliphatic carbocycles. The highest BCUT2D eigenvalue weighted by Gasteiger charge is 2.12. The Bertz CT molecular complexity index is 744. The van der Waals surface area contributed by atoms with Crippen LogP contribution in [0.15, 0.2) is 47.1 Å². The molecule has 1 amide bonds. The quantitative estimate of drug-likeness (QED) is 0.762. The van der Waals surface area contributed by atoms with Crippen molar-refractivity contribution in [3.8, 4) is 0 Å². The van der Waals surface area contributed by atoms with Gasteiger partial charge < -0.3 is 9.84 Å². The van der Waals surface area contributed by atoms with Crippen LogP contribution >= 0.6 is 0 Å². The van der Waals surface area contributed by atoms with Gasteiger partial charge in [-0.15, -0.1) is 0 Å². The van der Waals surface area contributed by atoms with E-state index in [0.29, 0.717) is 17.1 Å².